The van der Waals surface area contributed by atoms with E-state index in [0.717, 1.165) is 53.0 Å². The highest BCUT2D eigenvalue weighted by atomic mass is 32.2. The van der Waals surface area contributed by atoms with E-state index in [1.165, 1.54) is 0 Å². The number of methoxy groups -OCH3 is 1. The van der Waals surface area contributed by atoms with Crippen molar-refractivity contribution in [3.8, 4) is 11.5 Å². The van der Waals surface area contributed by atoms with Crippen molar-refractivity contribution in [2.24, 2.45) is 5.92 Å². The van der Waals surface area contributed by atoms with Crippen LogP contribution >= 0.6 is 0 Å². The molecule has 0 aromatic heterocycles. The summed E-state index contributed by atoms with van der Waals surface area (Å²) >= 11 is 0. The fourth-order valence-electron chi connectivity index (χ4n) is 5.60. The van der Waals surface area contributed by atoms with Crippen LogP contribution in [0.3, 0.4) is 0 Å². The number of nitrogens with one attached hydrogen (secondary N) is 2. The SMILES string of the molecule is COCCCCC1(CNC(=O)[C@H]2C[C@@H](NS(C)(=O)=O)CN(C(=O)O)C2)c2ccccc2Oc2ccccc21. The number of hydrogen-bond acceptors (Lipinski definition) is 6. The average Bonchev–Trinajstić information content (AvgIpc) is 2.88. The molecule has 4 rings (SSSR count). The lowest BCUT2D eigenvalue weighted by atomic mass is 9.69. The molecule has 2 aromatic rings. The predicted molar refractivity (Wildman–Crippen MR) is 142 cm³/mol. The zero-order valence-electron chi connectivity index (χ0n) is 21.7. The molecule has 206 valence electrons. The maximum atomic E-state index is 13.5. The Bertz CT molecular complexity index is 1220. The topological polar surface area (TPSA) is 134 Å². The van der Waals surface area contributed by atoms with Crippen molar-refractivity contribution >= 4 is 22.0 Å². The minimum absolute atomic E-state index is 0.000231. The van der Waals surface area contributed by atoms with Gasteiger partial charge >= 0.3 is 6.09 Å². The molecule has 10 nitrogen and oxygen atoms in total. The van der Waals surface area contributed by atoms with E-state index in [1.54, 1.807) is 7.11 Å². The molecule has 11 heteroatoms. The monoisotopic (exact) mass is 545 g/mol. The molecule has 0 radical (unpaired) electrons. The third-order valence-electron chi connectivity index (χ3n) is 7.26. The molecule has 2 atom stereocenters. The highest BCUT2D eigenvalue weighted by molar-refractivity contribution is 7.88. The van der Waals surface area contributed by atoms with Gasteiger partial charge in [0.15, 0.2) is 0 Å². The van der Waals surface area contributed by atoms with E-state index in [-0.39, 0.29) is 32.0 Å². The minimum Gasteiger partial charge on any atom is -0.465 e. The number of carboxylic acid groups (broad SMARTS) is 1. The van der Waals surface area contributed by atoms with Crippen LogP contribution in [0.25, 0.3) is 0 Å². The molecule has 2 aliphatic heterocycles. The first-order valence-corrected chi connectivity index (χ1v) is 14.6. The number of rotatable bonds is 10. The normalized spacial score (nSPS) is 20.1. The standard InChI is InChI=1S/C27H35N3O7S/c1-36-14-8-7-13-27(21-9-3-5-11-23(21)37-24-12-6-4-10-22(24)27)18-28-25(31)19-15-20(29-38(2,34)35)17-30(16-19)26(32)33/h3-6,9-12,19-20,29H,7-8,13-18H2,1-2H3,(H,28,31)(H,32,33)/t19-,20+/m0/s1. The van der Waals surface area contributed by atoms with Crippen molar-refractivity contribution in [2.45, 2.75) is 37.1 Å². The first kappa shape index (κ1) is 27.9. The first-order chi connectivity index (χ1) is 18.1. The summed E-state index contributed by atoms with van der Waals surface area (Å²) in [5.74, 6) is 0.461. The molecule has 2 amide bonds. The Hall–Kier alpha value is -3.15. The fraction of sp³-hybridized carbons (Fsp3) is 0.481. The van der Waals surface area contributed by atoms with Crippen molar-refractivity contribution in [1.29, 1.82) is 0 Å². The van der Waals surface area contributed by atoms with Gasteiger partial charge in [0.1, 0.15) is 11.5 Å². The van der Waals surface area contributed by atoms with Crippen LogP contribution in [0.1, 0.15) is 36.8 Å². The van der Waals surface area contributed by atoms with Gasteiger partial charge in [-0.2, -0.15) is 0 Å². The van der Waals surface area contributed by atoms with Gasteiger partial charge < -0.3 is 24.8 Å². The maximum absolute atomic E-state index is 13.5. The number of piperidine rings is 1. The Kier molecular flexibility index (Phi) is 8.59. The third kappa shape index (κ3) is 6.28. The maximum Gasteiger partial charge on any atom is 0.407 e. The molecule has 38 heavy (non-hydrogen) atoms. The van der Waals surface area contributed by atoms with Crippen molar-refractivity contribution in [1.82, 2.24) is 14.9 Å². The molecular weight excluding hydrogens is 510 g/mol. The van der Waals surface area contributed by atoms with Gasteiger partial charge in [-0.05, 0) is 37.8 Å². The molecule has 2 aliphatic rings. The Morgan fingerprint density at radius 2 is 1.71 bits per heavy atom. The number of ether oxygens (including phenoxy) is 2. The van der Waals surface area contributed by atoms with Crippen molar-refractivity contribution < 1.29 is 32.6 Å². The highest BCUT2D eigenvalue weighted by Gasteiger charge is 2.43. The molecule has 0 spiro atoms. The molecule has 0 bridgehead atoms. The Morgan fingerprint density at radius 1 is 1.08 bits per heavy atom. The number of hydrogen-bond donors (Lipinski definition) is 3. The van der Waals surface area contributed by atoms with E-state index in [4.69, 9.17) is 9.47 Å². The Balaban J connectivity index is 1.62. The van der Waals surface area contributed by atoms with Crippen molar-refractivity contribution in [3.05, 3.63) is 59.7 Å². The second-order valence-electron chi connectivity index (χ2n) is 10.1. The minimum atomic E-state index is -3.57. The second-order valence-corrected chi connectivity index (χ2v) is 11.8. The molecule has 0 unspecified atom stereocenters. The molecule has 3 N–H and O–H groups in total. The van der Waals surface area contributed by atoms with Gasteiger partial charge in [-0.1, -0.05) is 36.4 Å². The van der Waals surface area contributed by atoms with Gasteiger partial charge in [0.25, 0.3) is 0 Å². The van der Waals surface area contributed by atoms with Gasteiger partial charge in [0, 0.05) is 55.9 Å². The van der Waals surface area contributed by atoms with E-state index < -0.39 is 33.5 Å². The highest BCUT2D eigenvalue weighted by Crippen LogP contribution is 2.50. The number of benzene rings is 2. The van der Waals surface area contributed by atoms with Crippen LogP contribution < -0.4 is 14.8 Å². The molecule has 0 aliphatic carbocycles. The van der Waals surface area contributed by atoms with Gasteiger partial charge in [-0.25, -0.2) is 17.9 Å². The summed E-state index contributed by atoms with van der Waals surface area (Å²) in [6.45, 7) is 0.905. The zero-order valence-corrected chi connectivity index (χ0v) is 22.5. The summed E-state index contributed by atoms with van der Waals surface area (Å²) in [5.41, 5.74) is 1.38. The van der Waals surface area contributed by atoms with Crippen LogP contribution in [0.5, 0.6) is 11.5 Å². The molecule has 1 fully saturated rings. The predicted octanol–water partition coefficient (Wildman–Crippen LogP) is 2.93. The van der Waals surface area contributed by atoms with Gasteiger partial charge in [0.2, 0.25) is 15.9 Å². The second kappa shape index (κ2) is 11.7. The van der Waals surface area contributed by atoms with Crippen LogP contribution in [-0.2, 0) is 25.0 Å². The Morgan fingerprint density at radius 3 is 2.29 bits per heavy atom. The summed E-state index contributed by atoms with van der Waals surface area (Å²) in [7, 11) is -1.90. The summed E-state index contributed by atoms with van der Waals surface area (Å²) in [6.07, 6.45) is 2.48. The molecular formula is C27H35N3O7S. The Labute approximate surface area is 223 Å². The van der Waals surface area contributed by atoms with Crippen LogP contribution in [0, 0.1) is 5.92 Å². The van der Waals surface area contributed by atoms with Gasteiger partial charge in [-0.3, -0.25) is 4.79 Å². The van der Waals surface area contributed by atoms with E-state index >= 15 is 0 Å². The number of para-hydroxylation sites is 2. The van der Waals surface area contributed by atoms with E-state index in [2.05, 4.69) is 10.0 Å². The van der Waals surface area contributed by atoms with Crippen molar-refractivity contribution in [3.63, 3.8) is 0 Å². The van der Waals surface area contributed by atoms with E-state index in [0.29, 0.717) is 6.61 Å². The molecule has 1 saturated heterocycles. The van der Waals surface area contributed by atoms with Crippen LogP contribution in [0.2, 0.25) is 0 Å². The van der Waals surface area contributed by atoms with Gasteiger partial charge in [-0.15, -0.1) is 0 Å². The van der Waals surface area contributed by atoms with E-state index in [1.807, 2.05) is 48.5 Å². The van der Waals surface area contributed by atoms with Crippen molar-refractivity contribution in [2.75, 3.05) is 39.6 Å². The number of carbonyl (C=O) groups is 2. The number of fused-ring (bicyclic) bond motifs is 2. The molecule has 2 heterocycles. The van der Waals surface area contributed by atoms with Crippen LogP contribution in [0.4, 0.5) is 4.79 Å². The molecule has 0 saturated carbocycles. The summed E-state index contributed by atoms with van der Waals surface area (Å²) in [6, 6.07) is 14.9. The lowest BCUT2D eigenvalue weighted by Crippen LogP contribution is -2.55. The largest absolute Gasteiger partial charge is 0.465 e. The number of amides is 2. The number of unbranched alkanes of at least 4 members (excludes halogenated alkanes) is 1. The zero-order chi connectivity index (χ0) is 27.3. The first-order valence-electron chi connectivity index (χ1n) is 12.7. The summed E-state index contributed by atoms with van der Waals surface area (Å²) < 4.78 is 37.6. The van der Waals surface area contributed by atoms with E-state index in [9.17, 15) is 23.1 Å². The van der Waals surface area contributed by atoms with Crippen LogP contribution in [-0.4, -0.2) is 76.1 Å². The summed E-state index contributed by atoms with van der Waals surface area (Å²) in [5, 5.41) is 12.7. The number of nitrogens with zero attached hydrogens (tertiary/aromatic N) is 1. The number of sulfonamides is 1. The lowest BCUT2D eigenvalue weighted by Gasteiger charge is -2.41. The quantitative estimate of drug-likeness (QED) is 0.391. The third-order valence-corrected chi connectivity index (χ3v) is 8.03. The number of carbonyl (C=O) groups excluding carboxylic acids is 1. The van der Waals surface area contributed by atoms with Gasteiger partial charge in [0.05, 0.1) is 12.2 Å². The smallest absolute Gasteiger partial charge is 0.407 e. The summed E-state index contributed by atoms with van der Waals surface area (Å²) in [4.78, 5) is 26.3. The average molecular weight is 546 g/mol. The fourth-order valence-corrected chi connectivity index (χ4v) is 6.38. The lowest BCUT2D eigenvalue weighted by molar-refractivity contribution is -0.126. The molecule has 2 aromatic carbocycles. The van der Waals surface area contributed by atoms with Crippen LogP contribution in [0.15, 0.2) is 48.5 Å². The number of likely N-dealkylation sites (tertiary alicyclic amines) is 1.